The average Bonchev–Trinajstić information content (AvgIpc) is 3.24. The van der Waals surface area contributed by atoms with E-state index in [1.807, 2.05) is 31.2 Å². The van der Waals surface area contributed by atoms with Gasteiger partial charge >= 0.3 is 0 Å². The van der Waals surface area contributed by atoms with Crippen LogP contribution in [0.15, 0.2) is 35.3 Å². The Morgan fingerprint density at radius 3 is 2.75 bits per heavy atom. The maximum atomic E-state index is 12.7. The molecule has 0 saturated heterocycles. The van der Waals surface area contributed by atoms with Gasteiger partial charge in [0.15, 0.2) is 16.3 Å². The third-order valence-corrected chi connectivity index (χ3v) is 6.39. The Balaban J connectivity index is 1.72. The molecule has 0 spiro atoms. The molecule has 0 N–H and O–H groups in total. The molecule has 1 aromatic heterocycles. The van der Waals surface area contributed by atoms with Crippen LogP contribution in [-0.4, -0.2) is 29.3 Å². The van der Waals surface area contributed by atoms with E-state index in [1.54, 1.807) is 11.8 Å². The number of hydrogen-bond acceptors (Lipinski definition) is 5. The molecule has 0 unspecified atom stereocenters. The van der Waals surface area contributed by atoms with Crippen LogP contribution in [0.2, 0.25) is 0 Å². The minimum absolute atomic E-state index is 0.128. The number of aromatic nitrogens is 1. The lowest BCUT2D eigenvalue weighted by atomic mass is 10.0. The van der Waals surface area contributed by atoms with Crippen molar-refractivity contribution in [2.75, 3.05) is 18.8 Å². The topological polar surface area (TPSA) is 52.8 Å². The number of rotatable bonds is 5. The first-order valence-electron chi connectivity index (χ1n) is 9.11. The summed E-state index contributed by atoms with van der Waals surface area (Å²) in [5, 5.41) is 0. The summed E-state index contributed by atoms with van der Waals surface area (Å²) in [7, 11) is 0. The van der Waals surface area contributed by atoms with Gasteiger partial charge in [0.25, 0.3) is 5.91 Å². The van der Waals surface area contributed by atoms with Crippen molar-refractivity contribution in [1.29, 1.82) is 0 Å². The maximum Gasteiger partial charge on any atom is 0.252 e. The number of carbonyl (C=O) groups excluding carboxylic acids is 1. The number of benzene rings is 2. The van der Waals surface area contributed by atoms with E-state index in [-0.39, 0.29) is 12.7 Å². The zero-order chi connectivity index (χ0) is 19.7. The molecule has 5 nitrogen and oxygen atoms in total. The van der Waals surface area contributed by atoms with Crippen molar-refractivity contribution in [3.05, 3.63) is 51.8 Å². The van der Waals surface area contributed by atoms with Gasteiger partial charge in [-0.3, -0.25) is 4.79 Å². The second-order valence-electron chi connectivity index (χ2n) is 6.81. The van der Waals surface area contributed by atoms with Crippen LogP contribution in [0.25, 0.3) is 10.2 Å². The first-order valence-corrected chi connectivity index (χ1v) is 11.3. The highest BCUT2D eigenvalue weighted by atomic mass is 32.2. The van der Waals surface area contributed by atoms with Crippen LogP contribution in [0.3, 0.4) is 0 Å². The summed E-state index contributed by atoms with van der Waals surface area (Å²) in [6.07, 6.45) is 2.39. The van der Waals surface area contributed by atoms with Gasteiger partial charge in [0, 0.05) is 24.4 Å². The number of aryl methyl sites for hydroxylation is 3. The van der Waals surface area contributed by atoms with Gasteiger partial charge in [0.05, 0.1) is 16.6 Å². The molecule has 0 fully saturated rings. The lowest BCUT2D eigenvalue weighted by Crippen LogP contribution is -2.18. The maximum absolute atomic E-state index is 12.7. The number of thioether (sulfide) groups is 1. The zero-order valence-electron chi connectivity index (χ0n) is 16.2. The molecule has 1 amide bonds. The fourth-order valence-corrected chi connectivity index (χ4v) is 4.75. The number of carbonyl (C=O) groups is 1. The predicted molar refractivity (Wildman–Crippen MR) is 115 cm³/mol. The molecule has 1 aliphatic rings. The summed E-state index contributed by atoms with van der Waals surface area (Å²) >= 11 is 3.29. The molecule has 1 aliphatic heterocycles. The van der Waals surface area contributed by atoms with E-state index >= 15 is 0 Å². The van der Waals surface area contributed by atoms with Gasteiger partial charge < -0.3 is 14.0 Å². The number of ether oxygens (including phenoxy) is 2. The average molecular weight is 415 g/mol. The molecule has 0 atom stereocenters. The predicted octanol–water partition coefficient (Wildman–Crippen LogP) is 4.08. The van der Waals surface area contributed by atoms with E-state index in [0.717, 1.165) is 49.9 Å². The van der Waals surface area contributed by atoms with Gasteiger partial charge in [0.1, 0.15) is 0 Å². The van der Waals surface area contributed by atoms with Crippen molar-refractivity contribution in [1.82, 2.24) is 4.57 Å². The molecule has 2 heterocycles. The van der Waals surface area contributed by atoms with E-state index < -0.39 is 0 Å². The van der Waals surface area contributed by atoms with Gasteiger partial charge in [-0.25, -0.2) is 0 Å². The van der Waals surface area contributed by atoms with Crippen LogP contribution >= 0.6 is 23.1 Å². The molecule has 28 heavy (non-hydrogen) atoms. The molecular formula is C21H22N2O3S2. The molecule has 0 radical (unpaired) electrons. The summed E-state index contributed by atoms with van der Waals surface area (Å²) < 4.78 is 14.2. The highest BCUT2D eigenvalue weighted by Gasteiger charge is 2.18. The minimum Gasteiger partial charge on any atom is -0.454 e. The van der Waals surface area contributed by atoms with E-state index in [0.29, 0.717) is 6.42 Å². The highest BCUT2D eigenvalue weighted by molar-refractivity contribution is 7.98. The standard InChI is InChI=1S/C21H22N2O3S2/c1-13-4-5-15(14(2)8-13)9-20(24)22-21-23(6-7-27-3)16-10-17-18(26-12-25-17)11-19(16)28-21/h4-5,8,10-11H,6-7,9,12H2,1-3H3. The minimum atomic E-state index is -0.128. The van der Waals surface area contributed by atoms with Crippen LogP contribution in [-0.2, 0) is 17.8 Å². The smallest absolute Gasteiger partial charge is 0.252 e. The Labute approximate surface area is 172 Å². The largest absolute Gasteiger partial charge is 0.454 e. The fourth-order valence-electron chi connectivity index (χ4n) is 3.30. The van der Waals surface area contributed by atoms with Crippen LogP contribution < -0.4 is 14.3 Å². The van der Waals surface area contributed by atoms with E-state index in [1.165, 1.54) is 16.9 Å². The SMILES string of the molecule is CSCCn1c(=NC(=O)Cc2ccc(C)cc2C)sc2cc3c(cc21)OCO3. The summed E-state index contributed by atoms with van der Waals surface area (Å²) in [5.41, 5.74) is 4.38. The molecule has 3 aromatic rings. The van der Waals surface area contributed by atoms with Crippen LogP contribution in [0, 0.1) is 13.8 Å². The quantitative estimate of drug-likeness (QED) is 0.631. The fraction of sp³-hybridized carbons (Fsp3) is 0.333. The molecule has 4 rings (SSSR count). The summed E-state index contributed by atoms with van der Waals surface area (Å²) in [5.74, 6) is 2.31. The first kappa shape index (κ1) is 19.1. The van der Waals surface area contributed by atoms with Crippen molar-refractivity contribution < 1.29 is 14.3 Å². The molecule has 146 valence electrons. The van der Waals surface area contributed by atoms with Crippen molar-refractivity contribution in [3.8, 4) is 11.5 Å². The molecular weight excluding hydrogens is 392 g/mol. The van der Waals surface area contributed by atoms with Crippen LogP contribution in [0.5, 0.6) is 11.5 Å². The monoisotopic (exact) mass is 414 g/mol. The molecule has 7 heteroatoms. The number of hydrogen-bond donors (Lipinski definition) is 0. The molecule has 0 saturated carbocycles. The molecule has 0 bridgehead atoms. The number of thiazole rings is 1. The Morgan fingerprint density at radius 2 is 2.00 bits per heavy atom. The van der Waals surface area contributed by atoms with Gasteiger partial charge in [0.2, 0.25) is 6.79 Å². The highest BCUT2D eigenvalue weighted by Crippen LogP contribution is 2.37. The van der Waals surface area contributed by atoms with Crippen molar-refractivity contribution >= 4 is 39.2 Å². The van der Waals surface area contributed by atoms with Crippen molar-refractivity contribution in [3.63, 3.8) is 0 Å². The van der Waals surface area contributed by atoms with Crippen LogP contribution in [0.1, 0.15) is 16.7 Å². The van der Waals surface area contributed by atoms with E-state index in [4.69, 9.17) is 9.47 Å². The van der Waals surface area contributed by atoms with E-state index in [9.17, 15) is 4.79 Å². The van der Waals surface area contributed by atoms with Crippen molar-refractivity contribution in [2.45, 2.75) is 26.8 Å². The Hall–Kier alpha value is -2.25. The van der Waals surface area contributed by atoms with Crippen molar-refractivity contribution in [2.24, 2.45) is 4.99 Å². The second kappa shape index (κ2) is 8.01. The Morgan fingerprint density at radius 1 is 1.21 bits per heavy atom. The summed E-state index contributed by atoms with van der Waals surface area (Å²) in [6, 6.07) is 10.1. The van der Waals surface area contributed by atoms with Crippen LogP contribution in [0.4, 0.5) is 0 Å². The third kappa shape index (κ3) is 3.82. The second-order valence-corrected chi connectivity index (χ2v) is 8.81. The lowest BCUT2D eigenvalue weighted by Gasteiger charge is -2.05. The zero-order valence-corrected chi connectivity index (χ0v) is 17.8. The Bertz CT molecular complexity index is 1110. The first-order chi connectivity index (χ1) is 13.5. The summed E-state index contributed by atoms with van der Waals surface area (Å²) in [4.78, 5) is 17.9. The molecule has 2 aromatic carbocycles. The summed E-state index contributed by atoms with van der Waals surface area (Å²) in [6.45, 7) is 5.13. The number of amides is 1. The van der Waals surface area contributed by atoms with Gasteiger partial charge in [-0.1, -0.05) is 35.1 Å². The molecule has 0 aliphatic carbocycles. The van der Waals surface area contributed by atoms with Gasteiger partial charge in [-0.05, 0) is 31.2 Å². The lowest BCUT2D eigenvalue weighted by molar-refractivity contribution is -0.117. The number of fused-ring (bicyclic) bond motifs is 2. The van der Waals surface area contributed by atoms with Gasteiger partial charge in [-0.2, -0.15) is 16.8 Å². The van der Waals surface area contributed by atoms with E-state index in [2.05, 4.69) is 28.8 Å². The van der Waals surface area contributed by atoms with Gasteiger partial charge in [-0.15, -0.1) is 0 Å². The normalized spacial score (nSPS) is 13.5. The number of nitrogens with zero attached hydrogens (tertiary/aromatic N) is 2. The Kier molecular flexibility index (Phi) is 5.46. The third-order valence-electron chi connectivity index (χ3n) is 4.76.